The van der Waals surface area contributed by atoms with Gasteiger partial charge < -0.3 is 16.2 Å². The van der Waals surface area contributed by atoms with E-state index in [2.05, 4.69) is 5.32 Å². The van der Waals surface area contributed by atoms with Crippen LogP contribution >= 0.6 is 0 Å². The second-order valence-electron chi connectivity index (χ2n) is 3.94. The first kappa shape index (κ1) is 15.2. The lowest BCUT2D eigenvalue weighted by Gasteiger charge is -2.27. The largest absolute Gasteiger partial charge is 0.415 e. The molecule has 96 valence electrons. The number of aliphatic hydroxyl groups excluding tert-OH is 1. The number of aliphatic hydroxyl groups is 1. The summed E-state index contributed by atoms with van der Waals surface area (Å²) in [5.41, 5.74) is 2.04. The third-order valence-electron chi connectivity index (χ3n) is 2.23. The van der Waals surface area contributed by atoms with E-state index in [1.165, 1.54) is 0 Å². The van der Waals surface area contributed by atoms with Crippen molar-refractivity contribution < 1.29 is 23.1 Å². The molecule has 0 rings (SSSR count). The summed E-state index contributed by atoms with van der Waals surface area (Å²) in [4.78, 5) is 11.3. The molecule has 0 spiro atoms. The van der Waals surface area contributed by atoms with E-state index >= 15 is 0 Å². The molecular formula is C9H17F3N2O2. The molecule has 0 aliphatic heterocycles. The maximum Gasteiger partial charge on any atom is 0.415 e. The second-order valence-corrected chi connectivity index (χ2v) is 3.94. The lowest BCUT2D eigenvalue weighted by atomic mass is 10.0. The Balaban J connectivity index is 4.35. The van der Waals surface area contributed by atoms with E-state index in [-0.39, 0.29) is 6.61 Å². The van der Waals surface area contributed by atoms with Gasteiger partial charge >= 0.3 is 6.18 Å². The molecule has 16 heavy (non-hydrogen) atoms. The fraction of sp³-hybridized carbons (Fsp3) is 0.889. The fourth-order valence-corrected chi connectivity index (χ4v) is 0.972. The number of carbonyl (C=O) groups excluding carboxylic acids is 1. The van der Waals surface area contributed by atoms with Crippen molar-refractivity contribution in [3.05, 3.63) is 0 Å². The van der Waals surface area contributed by atoms with Crippen molar-refractivity contribution in [2.75, 3.05) is 6.61 Å². The number of carbonyl (C=O) groups is 1. The lowest BCUT2D eigenvalue weighted by Crippen LogP contribution is -2.62. The summed E-state index contributed by atoms with van der Waals surface area (Å²) >= 11 is 0. The number of hydrogen-bond donors (Lipinski definition) is 3. The van der Waals surface area contributed by atoms with Crippen LogP contribution < -0.4 is 11.1 Å². The quantitative estimate of drug-likeness (QED) is 0.658. The van der Waals surface area contributed by atoms with Gasteiger partial charge in [-0.2, -0.15) is 13.2 Å². The van der Waals surface area contributed by atoms with Gasteiger partial charge in [-0.05, 0) is 26.7 Å². The Morgan fingerprint density at radius 2 is 2.00 bits per heavy atom. The maximum atomic E-state index is 12.4. The highest BCUT2D eigenvalue weighted by Gasteiger charge is 2.54. The van der Waals surface area contributed by atoms with Gasteiger partial charge in [0, 0.05) is 12.6 Å². The molecular weight excluding hydrogens is 225 g/mol. The number of amides is 1. The average Bonchev–Trinajstić information content (AvgIpc) is 2.12. The number of hydrogen-bond acceptors (Lipinski definition) is 3. The van der Waals surface area contributed by atoms with Gasteiger partial charge in [0.1, 0.15) is 0 Å². The van der Waals surface area contributed by atoms with Crippen LogP contribution in [0.2, 0.25) is 0 Å². The van der Waals surface area contributed by atoms with E-state index in [4.69, 9.17) is 10.8 Å². The molecule has 0 aromatic heterocycles. The highest BCUT2D eigenvalue weighted by atomic mass is 19.4. The standard InChI is InChI=1S/C9H17F3N2O2/c1-6(4-3-5-15)14-7(16)8(2,13)9(10,11)12/h6,15H,3-5,13H2,1-2H3,(H,14,16). The number of nitrogens with one attached hydrogen (secondary N) is 1. The number of halogens is 3. The molecule has 4 nitrogen and oxygen atoms in total. The third kappa shape index (κ3) is 3.97. The number of nitrogens with two attached hydrogens (primary N) is 1. The summed E-state index contributed by atoms with van der Waals surface area (Å²) in [6.45, 7) is 2.11. The van der Waals surface area contributed by atoms with Crippen LogP contribution in [0.25, 0.3) is 0 Å². The molecule has 0 aliphatic rings. The molecule has 0 saturated heterocycles. The van der Waals surface area contributed by atoms with E-state index in [0.29, 0.717) is 19.8 Å². The van der Waals surface area contributed by atoms with Crippen LogP contribution in [-0.4, -0.2) is 35.4 Å². The molecule has 0 heterocycles. The molecule has 4 N–H and O–H groups in total. The molecule has 2 atom stereocenters. The lowest BCUT2D eigenvalue weighted by molar-refractivity contribution is -0.187. The van der Waals surface area contributed by atoms with Crippen molar-refractivity contribution in [3.8, 4) is 0 Å². The normalized spacial score (nSPS) is 17.7. The minimum Gasteiger partial charge on any atom is -0.396 e. The van der Waals surface area contributed by atoms with Crippen LogP contribution in [0.1, 0.15) is 26.7 Å². The van der Waals surface area contributed by atoms with Gasteiger partial charge in [0.25, 0.3) is 0 Å². The van der Waals surface area contributed by atoms with Crippen molar-refractivity contribution in [1.82, 2.24) is 5.32 Å². The van der Waals surface area contributed by atoms with E-state index in [1.54, 1.807) is 6.92 Å². The van der Waals surface area contributed by atoms with Crippen LogP contribution in [0.15, 0.2) is 0 Å². The van der Waals surface area contributed by atoms with Crippen LogP contribution in [0, 0.1) is 0 Å². The second kappa shape index (κ2) is 5.49. The number of alkyl halides is 3. The van der Waals surface area contributed by atoms with E-state index in [1.807, 2.05) is 0 Å². The van der Waals surface area contributed by atoms with Crippen LogP contribution in [0.3, 0.4) is 0 Å². The highest BCUT2D eigenvalue weighted by Crippen LogP contribution is 2.28. The van der Waals surface area contributed by atoms with Gasteiger partial charge in [0.15, 0.2) is 5.54 Å². The van der Waals surface area contributed by atoms with Crippen LogP contribution in [-0.2, 0) is 4.79 Å². The van der Waals surface area contributed by atoms with Gasteiger partial charge in [-0.3, -0.25) is 4.79 Å². The van der Waals surface area contributed by atoms with Gasteiger partial charge in [-0.25, -0.2) is 0 Å². The predicted octanol–water partition coefficient (Wildman–Crippen LogP) is 0.543. The Labute approximate surface area is 92.0 Å². The first-order chi connectivity index (χ1) is 7.13. The van der Waals surface area contributed by atoms with Gasteiger partial charge in [-0.15, -0.1) is 0 Å². The Morgan fingerprint density at radius 3 is 2.38 bits per heavy atom. The molecule has 2 unspecified atom stereocenters. The zero-order valence-corrected chi connectivity index (χ0v) is 9.27. The number of rotatable bonds is 5. The fourth-order valence-electron chi connectivity index (χ4n) is 0.972. The highest BCUT2D eigenvalue weighted by molar-refractivity contribution is 5.86. The zero-order chi connectivity index (χ0) is 13.0. The SMILES string of the molecule is CC(CCCO)NC(=O)C(C)(N)C(F)(F)F. The molecule has 1 amide bonds. The van der Waals surface area contributed by atoms with E-state index in [9.17, 15) is 18.0 Å². The van der Waals surface area contributed by atoms with Gasteiger partial charge in [-0.1, -0.05) is 0 Å². The van der Waals surface area contributed by atoms with Gasteiger partial charge in [0.05, 0.1) is 0 Å². The van der Waals surface area contributed by atoms with Crippen molar-refractivity contribution in [2.45, 2.75) is 44.4 Å². The molecule has 0 radical (unpaired) electrons. The minimum absolute atomic E-state index is 0.0701. The van der Waals surface area contributed by atoms with Crippen LogP contribution in [0.5, 0.6) is 0 Å². The first-order valence-electron chi connectivity index (χ1n) is 4.90. The summed E-state index contributed by atoms with van der Waals surface area (Å²) in [7, 11) is 0. The molecule has 0 aliphatic carbocycles. The molecule has 0 bridgehead atoms. The topological polar surface area (TPSA) is 75.3 Å². The Morgan fingerprint density at radius 1 is 1.50 bits per heavy atom. The van der Waals surface area contributed by atoms with Crippen molar-refractivity contribution in [3.63, 3.8) is 0 Å². The molecule has 7 heteroatoms. The predicted molar refractivity (Wildman–Crippen MR) is 52.6 cm³/mol. The third-order valence-corrected chi connectivity index (χ3v) is 2.23. The molecule has 0 aromatic rings. The Bertz CT molecular complexity index is 241. The summed E-state index contributed by atoms with van der Waals surface area (Å²) in [6, 6.07) is -0.454. The summed E-state index contributed by atoms with van der Waals surface area (Å²) in [5.74, 6) is -1.26. The summed E-state index contributed by atoms with van der Waals surface area (Å²) in [6.07, 6.45) is -3.97. The van der Waals surface area contributed by atoms with Gasteiger partial charge in [0.2, 0.25) is 5.91 Å². The monoisotopic (exact) mass is 242 g/mol. The van der Waals surface area contributed by atoms with Crippen molar-refractivity contribution >= 4 is 5.91 Å². The molecule has 0 fully saturated rings. The Kier molecular flexibility index (Phi) is 5.21. The first-order valence-corrected chi connectivity index (χ1v) is 4.90. The Hall–Kier alpha value is -0.820. The van der Waals surface area contributed by atoms with Crippen molar-refractivity contribution in [2.24, 2.45) is 5.73 Å². The van der Waals surface area contributed by atoms with E-state index in [0.717, 1.165) is 0 Å². The zero-order valence-electron chi connectivity index (χ0n) is 9.27. The van der Waals surface area contributed by atoms with Crippen LogP contribution in [0.4, 0.5) is 13.2 Å². The van der Waals surface area contributed by atoms with E-state index < -0.39 is 23.7 Å². The summed E-state index contributed by atoms with van der Waals surface area (Å²) in [5, 5.41) is 10.7. The smallest absolute Gasteiger partial charge is 0.396 e. The van der Waals surface area contributed by atoms with Crippen molar-refractivity contribution in [1.29, 1.82) is 0 Å². The molecule has 0 aromatic carbocycles. The summed E-state index contributed by atoms with van der Waals surface area (Å²) < 4.78 is 37.1. The average molecular weight is 242 g/mol. The minimum atomic E-state index is -4.78. The molecule has 0 saturated carbocycles. The maximum absolute atomic E-state index is 12.4.